The van der Waals surface area contributed by atoms with E-state index < -0.39 is 0 Å². The summed E-state index contributed by atoms with van der Waals surface area (Å²) in [5.41, 5.74) is 4.42. The molecule has 5 nitrogen and oxygen atoms in total. The first-order valence-corrected chi connectivity index (χ1v) is 8.98. The van der Waals surface area contributed by atoms with Crippen molar-refractivity contribution in [3.63, 3.8) is 0 Å². The van der Waals surface area contributed by atoms with Gasteiger partial charge >= 0.3 is 0 Å². The number of nitrogens with one attached hydrogen (secondary N) is 1. The maximum absolute atomic E-state index is 12.2. The fourth-order valence-corrected chi connectivity index (χ4v) is 2.94. The van der Waals surface area contributed by atoms with Crippen molar-refractivity contribution in [2.24, 2.45) is 5.10 Å². The average molecular weight is 425 g/mol. The fraction of sp³-hybridized carbons (Fsp3) is 0.0476. The average Bonchev–Trinajstić information content (AvgIpc) is 2.67. The van der Waals surface area contributed by atoms with Gasteiger partial charge in [0, 0.05) is 5.56 Å². The molecule has 2 N–H and O–H groups in total. The number of carbonyl (C=O) groups excluding carboxylic acids is 1. The van der Waals surface area contributed by atoms with Crippen LogP contribution in [0.3, 0.4) is 0 Å². The SMILES string of the molecule is Cc1cc(/C=N/NC(=O)c2ccc(Oc3ccccc3)cc2)cc(Br)c1O. The molecular weight excluding hydrogens is 408 g/mol. The lowest BCUT2D eigenvalue weighted by Gasteiger charge is -2.06. The molecule has 3 rings (SSSR count). The van der Waals surface area contributed by atoms with E-state index in [1.807, 2.05) is 30.3 Å². The Hall–Kier alpha value is -3.12. The molecule has 0 fully saturated rings. The van der Waals surface area contributed by atoms with Crippen molar-refractivity contribution in [1.29, 1.82) is 0 Å². The maximum Gasteiger partial charge on any atom is 0.271 e. The molecule has 0 saturated heterocycles. The van der Waals surface area contributed by atoms with Crippen molar-refractivity contribution in [3.05, 3.63) is 87.9 Å². The minimum absolute atomic E-state index is 0.189. The number of para-hydroxylation sites is 1. The normalized spacial score (nSPS) is 10.7. The van der Waals surface area contributed by atoms with Crippen LogP contribution in [0.5, 0.6) is 17.2 Å². The van der Waals surface area contributed by atoms with Crippen LogP contribution in [0.25, 0.3) is 0 Å². The van der Waals surface area contributed by atoms with Gasteiger partial charge in [0.1, 0.15) is 17.2 Å². The van der Waals surface area contributed by atoms with Gasteiger partial charge in [-0.25, -0.2) is 5.43 Å². The summed E-state index contributed by atoms with van der Waals surface area (Å²) in [4.78, 5) is 12.2. The first-order chi connectivity index (χ1) is 13.0. The lowest BCUT2D eigenvalue weighted by molar-refractivity contribution is 0.0955. The van der Waals surface area contributed by atoms with E-state index in [-0.39, 0.29) is 11.7 Å². The van der Waals surface area contributed by atoms with Crippen LogP contribution in [0, 0.1) is 6.92 Å². The van der Waals surface area contributed by atoms with Gasteiger partial charge in [-0.2, -0.15) is 5.10 Å². The Bertz CT molecular complexity index is 947. The summed E-state index contributed by atoms with van der Waals surface area (Å²) in [5.74, 6) is 1.24. The molecule has 0 aliphatic carbocycles. The number of phenols is 1. The second-order valence-electron chi connectivity index (χ2n) is 5.81. The monoisotopic (exact) mass is 424 g/mol. The van der Waals surface area contributed by atoms with E-state index >= 15 is 0 Å². The number of ether oxygens (including phenoxy) is 1. The third kappa shape index (κ3) is 4.95. The summed E-state index contributed by atoms with van der Waals surface area (Å²) in [5, 5.41) is 13.7. The lowest BCUT2D eigenvalue weighted by Crippen LogP contribution is -2.17. The third-order valence-electron chi connectivity index (χ3n) is 3.75. The van der Waals surface area contributed by atoms with Crippen LogP contribution < -0.4 is 10.2 Å². The molecule has 0 atom stereocenters. The molecule has 0 saturated carbocycles. The Labute approximate surface area is 165 Å². The van der Waals surface area contributed by atoms with Gasteiger partial charge in [-0.05, 0) is 82.5 Å². The second-order valence-corrected chi connectivity index (χ2v) is 6.66. The minimum Gasteiger partial charge on any atom is -0.506 e. The van der Waals surface area contributed by atoms with Crippen molar-refractivity contribution in [2.45, 2.75) is 6.92 Å². The number of hydrazone groups is 1. The van der Waals surface area contributed by atoms with Crippen LogP contribution in [-0.2, 0) is 0 Å². The van der Waals surface area contributed by atoms with Gasteiger partial charge in [-0.3, -0.25) is 4.79 Å². The van der Waals surface area contributed by atoms with E-state index in [0.717, 1.165) is 11.3 Å². The van der Waals surface area contributed by atoms with E-state index in [9.17, 15) is 9.90 Å². The topological polar surface area (TPSA) is 70.9 Å². The van der Waals surface area contributed by atoms with Gasteiger partial charge < -0.3 is 9.84 Å². The van der Waals surface area contributed by atoms with Gasteiger partial charge in [0.15, 0.2) is 0 Å². The summed E-state index contributed by atoms with van der Waals surface area (Å²) in [6.45, 7) is 1.79. The molecule has 0 spiro atoms. The molecule has 0 aliphatic rings. The highest BCUT2D eigenvalue weighted by atomic mass is 79.9. The number of hydrogen-bond donors (Lipinski definition) is 2. The molecule has 6 heteroatoms. The summed E-state index contributed by atoms with van der Waals surface area (Å²) in [6, 6.07) is 19.7. The number of carbonyl (C=O) groups is 1. The first kappa shape index (κ1) is 18.7. The van der Waals surface area contributed by atoms with E-state index in [2.05, 4.69) is 26.5 Å². The van der Waals surface area contributed by atoms with Crippen LogP contribution in [0.4, 0.5) is 0 Å². The molecule has 0 aliphatic heterocycles. The number of aryl methyl sites for hydroxylation is 1. The van der Waals surface area contributed by atoms with Crippen molar-refractivity contribution < 1.29 is 14.6 Å². The molecule has 1 amide bonds. The van der Waals surface area contributed by atoms with Crippen LogP contribution in [0.15, 0.2) is 76.3 Å². The number of hydrogen-bond acceptors (Lipinski definition) is 4. The zero-order valence-electron chi connectivity index (χ0n) is 14.5. The molecule has 3 aromatic rings. The van der Waals surface area contributed by atoms with Gasteiger partial charge in [-0.15, -0.1) is 0 Å². The standard InChI is InChI=1S/C21H17BrN2O3/c1-14-11-15(12-19(22)20(14)25)13-23-24-21(26)16-7-9-18(10-8-16)27-17-5-3-2-4-6-17/h2-13,25H,1H3,(H,24,26)/b23-13+. The molecule has 0 unspecified atom stereocenters. The molecule has 0 aromatic heterocycles. The van der Waals surface area contributed by atoms with Gasteiger partial charge in [-0.1, -0.05) is 18.2 Å². The quantitative estimate of drug-likeness (QED) is 0.446. The van der Waals surface area contributed by atoms with Crippen LogP contribution in [0.2, 0.25) is 0 Å². The zero-order chi connectivity index (χ0) is 19.2. The summed E-state index contributed by atoms with van der Waals surface area (Å²) >= 11 is 3.27. The summed E-state index contributed by atoms with van der Waals surface area (Å²) in [7, 11) is 0. The van der Waals surface area contributed by atoms with E-state index in [1.54, 1.807) is 43.3 Å². The Kier molecular flexibility index (Phi) is 5.88. The molecule has 27 heavy (non-hydrogen) atoms. The molecule has 136 valence electrons. The highest BCUT2D eigenvalue weighted by Gasteiger charge is 2.06. The smallest absolute Gasteiger partial charge is 0.271 e. The number of aromatic hydroxyl groups is 1. The van der Waals surface area contributed by atoms with Crippen LogP contribution >= 0.6 is 15.9 Å². The Balaban J connectivity index is 1.61. The number of rotatable bonds is 5. The minimum atomic E-state index is -0.327. The predicted molar refractivity (Wildman–Crippen MR) is 109 cm³/mol. The predicted octanol–water partition coefficient (Wildman–Crippen LogP) is 5.02. The summed E-state index contributed by atoms with van der Waals surface area (Å²) in [6.07, 6.45) is 1.52. The first-order valence-electron chi connectivity index (χ1n) is 8.18. The highest BCUT2D eigenvalue weighted by Crippen LogP contribution is 2.28. The number of amides is 1. The van der Waals surface area contributed by atoms with E-state index in [1.165, 1.54) is 6.21 Å². The van der Waals surface area contributed by atoms with Crippen LogP contribution in [-0.4, -0.2) is 17.2 Å². The Morgan fingerprint density at radius 1 is 1.07 bits per heavy atom. The molecule has 0 bridgehead atoms. The largest absolute Gasteiger partial charge is 0.506 e. The lowest BCUT2D eigenvalue weighted by atomic mass is 10.1. The number of halogens is 1. The number of nitrogens with zero attached hydrogens (tertiary/aromatic N) is 1. The third-order valence-corrected chi connectivity index (χ3v) is 4.36. The van der Waals surface area contributed by atoms with E-state index in [4.69, 9.17) is 4.74 Å². The van der Waals surface area contributed by atoms with Crippen LogP contribution in [0.1, 0.15) is 21.5 Å². The zero-order valence-corrected chi connectivity index (χ0v) is 16.1. The number of phenolic OH excluding ortho intramolecular Hbond substituents is 1. The van der Waals surface area contributed by atoms with Crippen molar-refractivity contribution in [3.8, 4) is 17.2 Å². The Morgan fingerprint density at radius 3 is 2.41 bits per heavy atom. The molecule has 0 radical (unpaired) electrons. The summed E-state index contributed by atoms with van der Waals surface area (Å²) < 4.78 is 6.27. The van der Waals surface area contributed by atoms with Gasteiger partial charge in [0.25, 0.3) is 5.91 Å². The van der Waals surface area contributed by atoms with Crippen molar-refractivity contribution in [2.75, 3.05) is 0 Å². The number of benzene rings is 3. The van der Waals surface area contributed by atoms with Crippen molar-refractivity contribution in [1.82, 2.24) is 5.43 Å². The van der Waals surface area contributed by atoms with Crippen molar-refractivity contribution >= 4 is 28.1 Å². The highest BCUT2D eigenvalue weighted by molar-refractivity contribution is 9.10. The molecule has 3 aromatic carbocycles. The molecular formula is C21H17BrN2O3. The fourth-order valence-electron chi connectivity index (χ4n) is 2.37. The second kappa shape index (κ2) is 8.51. The molecule has 0 heterocycles. The Morgan fingerprint density at radius 2 is 1.74 bits per heavy atom. The van der Waals surface area contributed by atoms with E-state index in [0.29, 0.717) is 21.3 Å². The van der Waals surface area contributed by atoms with Gasteiger partial charge in [0.2, 0.25) is 0 Å². The van der Waals surface area contributed by atoms with Gasteiger partial charge in [0.05, 0.1) is 10.7 Å². The maximum atomic E-state index is 12.2.